The van der Waals surface area contributed by atoms with Crippen molar-refractivity contribution < 1.29 is 9.47 Å². The van der Waals surface area contributed by atoms with Crippen LogP contribution in [0.4, 0.5) is 5.95 Å². The number of rotatable bonds is 3. The van der Waals surface area contributed by atoms with Crippen molar-refractivity contribution in [3.05, 3.63) is 18.2 Å². The van der Waals surface area contributed by atoms with E-state index >= 15 is 0 Å². The molecular weight excluding hydrogens is 254 g/mol. The van der Waals surface area contributed by atoms with Gasteiger partial charge in [0, 0.05) is 24.6 Å². The number of nitrogens with two attached hydrogens (primary N) is 1. The number of nitrogens with zero attached hydrogens (tertiary/aromatic N) is 2. The van der Waals surface area contributed by atoms with Crippen LogP contribution >= 0.6 is 0 Å². The Hall–Kier alpha value is -1.75. The fourth-order valence-electron chi connectivity index (χ4n) is 3.25. The third-order valence-electron chi connectivity index (χ3n) is 4.65. The molecule has 2 unspecified atom stereocenters. The van der Waals surface area contributed by atoms with Gasteiger partial charge >= 0.3 is 0 Å². The van der Waals surface area contributed by atoms with Crippen molar-refractivity contribution in [2.24, 2.45) is 5.41 Å². The van der Waals surface area contributed by atoms with Crippen LogP contribution in [0.1, 0.15) is 26.3 Å². The highest BCUT2D eigenvalue weighted by Crippen LogP contribution is 2.52. The van der Waals surface area contributed by atoms with E-state index in [9.17, 15) is 0 Å². The lowest BCUT2D eigenvalue weighted by Crippen LogP contribution is -2.51. The van der Waals surface area contributed by atoms with E-state index in [0.717, 1.165) is 23.2 Å². The third-order valence-corrected chi connectivity index (χ3v) is 4.65. The zero-order valence-electron chi connectivity index (χ0n) is 12.4. The first-order chi connectivity index (χ1) is 9.48. The van der Waals surface area contributed by atoms with Crippen LogP contribution in [0.2, 0.25) is 0 Å². The molecule has 0 spiro atoms. The third kappa shape index (κ3) is 1.69. The molecule has 2 aromatic rings. The van der Waals surface area contributed by atoms with Crippen LogP contribution in [-0.2, 0) is 4.74 Å². The predicted octanol–water partition coefficient (Wildman–Crippen LogP) is 2.61. The number of hydrogen-bond donors (Lipinski definition) is 1. The topological polar surface area (TPSA) is 62.3 Å². The van der Waals surface area contributed by atoms with Crippen LogP contribution < -0.4 is 10.5 Å². The van der Waals surface area contributed by atoms with E-state index in [1.807, 2.05) is 18.2 Å². The Bertz CT molecular complexity index is 648. The lowest BCUT2D eigenvalue weighted by Gasteiger charge is -2.51. The van der Waals surface area contributed by atoms with Gasteiger partial charge < -0.3 is 19.8 Å². The largest absolute Gasteiger partial charge is 0.497 e. The van der Waals surface area contributed by atoms with E-state index < -0.39 is 0 Å². The number of nitrogen functional groups attached to an aromatic ring is 1. The second kappa shape index (κ2) is 4.38. The average molecular weight is 275 g/mol. The van der Waals surface area contributed by atoms with Crippen molar-refractivity contribution in [3.63, 3.8) is 0 Å². The molecule has 0 bridgehead atoms. The van der Waals surface area contributed by atoms with Crippen molar-refractivity contribution in [3.8, 4) is 5.75 Å². The summed E-state index contributed by atoms with van der Waals surface area (Å²) in [7, 11) is 3.43. The molecular formula is C15H21N3O2. The number of ether oxygens (including phenoxy) is 2. The highest BCUT2D eigenvalue weighted by molar-refractivity contribution is 5.80. The van der Waals surface area contributed by atoms with E-state index in [1.165, 1.54) is 0 Å². The molecule has 1 aromatic carbocycles. The second-order valence-electron chi connectivity index (χ2n) is 5.99. The molecule has 2 atom stereocenters. The van der Waals surface area contributed by atoms with Crippen LogP contribution in [0.15, 0.2) is 18.2 Å². The Morgan fingerprint density at radius 1 is 1.35 bits per heavy atom. The molecule has 1 aliphatic carbocycles. The van der Waals surface area contributed by atoms with Gasteiger partial charge in [0.05, 0.1) is 24.2 Å². The fourth-order valence-corrected chi connectivity index (χ4v) is 3.25. The molecule has 1 aliphatic rings. The number of anilines is 1. The first-order valence-electron chi connectivity index (χ1n) is 6.83. The summed E-state index contributed by atoms with van der Waals surface area (Å²) < 4.78 is 13.0. The zero-order valence-corrected chi connectivity index (χ0v) is 12.4. The minimum Gasteiger partial charge on any atom is -0.497 e. The normalized spacial score (nSPS) is 24.6. The summed E-state index contributed by atoms with van der Waals surface area (Å²) in [5.41, 5.74) is 8.10. The Balaban J connectivity index is 2.10. The summed E-state index contributed by atoms with van der Waals surface area (Å²) in [6.45, 7) is 4.42. The standard InChI is InChI=1S/C15H21N3O2/c1-15(2)12(8-13(15)20-4)18-11-7-9(19-3)5-6-10(11)17-14(18)16/h5-7,12-13H,8H2,1-4H3,(H2,16,17). The van der Waals surface area contributed by atoms with Crippen LogP contribution in [-0.4, -0.2) is 29.9 Å². The monoisotopic (exact) mass is 275 g/mol. The van der Waals surface area contributed by atoms with Crippen molar-refractivity contribution >= 4 is 17.0 Å². The van der Waals surface area contributed by atoms with Crippen LogP contribution in [0, 0.1) is 5.41 Å². The lowest BCUT2D eigenvalue weighted by molar-refractivity contribution is -0.110. The molecule has 2 N–H and O–H groups in total. The SMILES string of the molecule is COc1ccc2nc(N)n(C3CC(OC)C3(C)C)c2c1. The summed E-state index contributed by atoms with van der Waals surface area (Å²) in [4.78, 5) is 4.45. The molecule has 1 saturated carbocycles. The molecule has 3 rings (SSSR count). The fraction of sp³-hybridized carbons (Fsp3) is 0.533. The van der Waals surface area contributed by atoms with Gasteiger partial charge in [-0.05, 0) is 18.6 Å². The van der Waals surface area contributed by atoms with E-state index in [4.69, 9.17) is 15.2 Å². The van der Waals surface area contributed by atoms with Gasteiger partial charge in [-0.15, -0.1) is 0 Å². The molecule has 0 aliphatic heterocycles. The Kier molecular flexibility index (Phi) is 2.90. The molecule has 5 nitrogen and oxygen atoms in total. The van der Waals surface area contributed by atoms with Crippen molar-refractivity contribution in [2.75, 3.05) is 20.0 Å². The Morgan fingerprint density at radius 3 is 2.70 bits per heavy atom. The van der Waals surface area contributed by atoms with Crippen molar-refractivity contribution in [2.45, 2.75) is 32.4 Å². The maximum atomic E-state index is 6.13. The van der Waals surface area contributed by atoms with Gasteiger partial charge in [-0.25, -0.2) is 4.98 Å². The quantitative estimate of drug-likeness (QED) is 0.935. The van der Waals surface area contributed by atoms with Crippen molar-refractivity contribution in [1.29, 1.82) is 0 Å². The van der Waals surface area contributed by atoms with Crippen LogP contribution in [0.25, 0.3) is 11.0 Å². The van der Waals surface area contributed by atoms with Gasteiger partial charge in [0.25, 0.3) is 0 Å². The van der Waals surface area contributed by atoms with E-state index in [0.29, 0.717) is 12.0 Å². The second-order valence-corrected chi connectivity index (χ2v) is 5.99. The summed E-state index contributed by atoms with van der Waals surface area (Å²) in [5.74, 6) is 1.37. The summed E-state index contributed by atoms with van der Waals surface area (Å²) in [5, 5.41) is 0. The van der Waals surface area contributed by atoms with Gasteiger partial charge in [0.2, 0.25) is 5.95 Å². The molecule has 1 heterocycles. The van der Waals surface area contributed by atoms with E-state index in [1.54, 1.807) is 14.2 Å². The predicted molar refractivity (Wildman–Crippen MR) is 78.9 cm³/mol. The first-order valence-corrected chi connectivity index (χ1v) is 6.83. The van der Waals surface area contributed by atoms with Gasteiger partial charge in [-0.1, -0.05) is 13.8 Å². The summed E-state index contributed by atoms with van der Waals surface area (Å²) in [6.07, 6.45) is 1.21. The molecule has 0 saturated heterocycles. The highest BCUT2D eigenvalue weighted by atomic mass is 16.5. The number of fused-ring (bicyclic) bond motifs is 1. The molecule has 5 heteroatoms. The zero-order chi connectivity index (χ0) is 14.5. The van der Waals surface area contributed by atoms with Gasteiger partial charge in [0.15, 0.2) is 0 Å². The summed E-state index contributed by atoms with van der Waals surface area (Å²) in [6, 6.07) is 6.14. The number of aromatic nitrogens is 2. The van der Waals surface area contributed by atoms with Gasteiger partial charge in [-0.3, -0.25) is 0 Å². The maximum Gasteiger partial charge on any atom is 0.201 e. The average Bonchev–Trinajstić information content (AvgIpc) is 2.74. The van der Waals surface area contributed by atoms with Gasteiger partial charge in [-0.2, -0.15) is 0 Å². The lowest BCUT2D eigenvalue weighted by atomic mass is 9.64. The first kappa shape index (κ1) is 13.2. The molecule has 0 radical (unpaired) electrons. The van der Waals surface area contributed by atoms with Crippen LogP contribution in [0.3, 0.4) is 0 Å². The van der Waals surface area contributed by atoms with Crippen molar-refractivity contribution in [1.82, 2.24) is 9.55 Å². The molecule has 1 fully saturated rings. The smallest absolute Gasteiger partial charge is 0.201 e. The number of hydrogen-bond acceptors (Lipinski definition) is 4. The molecule has 20 heavy (non-hydrogen) atoms. The highest BCUT2D eigenvalue weighted by Gasteiger charge is 2.50. The Morgan fingerprint density at radius 2 is 2.10 bits per heavy atom. The number of benzene rings is 1. The number of imidazole rings is 1. The van der Waals surface area contributed by atoms with E-state index in [2.05, 4.69) is 23.4 Å². The minimum atomic E-state index is 0.0412. The minimum absolute atomic E-state index is 0.0412. The summed E-state index contributed by atoms with van der Waals surface area (Å²) >= 11 is 0. The van der Waals surface area contributed by atoms with E-state index in [-0.39, 0.29) is 11.5 Å². The Labute approximate surface area is 118 Å². The molecule has 0 amide bonds. The van der Waals surface area contributed by atoms with Gasteiger partial charge in [0.1, 0.15) is 5.75 Å². The maximum absolute atomic E-state index is 6.13. The van der Waals surface area contributed by atoms with Crippen LogP contribution in [0.5, 0.6) is 5.75 Å². The molecule has 1 aromatic heterocycles. The number of methoxy groups -OCH3 is 2. The molecule has 108 valence electrons.